The van der Waals surface area contributed by atoms with Gasteiger partial charge in [0, 0.05) is 23.4 Å². The van der Waals surface area contributed by atoms with Gasteiger partial charge >= 0.3 is 5.91 Å². The van der Waals surface area contributed by atoms with E-state index in [2.05, 4.69) is 25.6 Å². The molecule has 10 heteroatoms. The van der Waals surface area contributed by atoms with Crippen molar-refractivity contribution in [2.75, 3.05) is 10.4 Å². The van der Waals surface area contributed by atoms with Crippen molar-refractivity contribution in [2.24, 2.45) is 10.2 Å². The predicted octanol–water partition coefficient (Wildman–Crippen LogP) is 4.69. The molecule has 33 heavy (non-hydrogen) atoms. The fraction of sp³-hybridized carbons (Fsp3) is 0.0435. The Bertz CT molecular complexity index is 1390. The largest absolute Gasteiger partial charge is 0.303 e. The molecule has 1 aliphatic rings. The van der Waals surface area contributed by atoms with E-state index in [0.29, 0.717) is 20.9 Å². The fourth-order valence-electron chi connectivity index (χ4n) is 3.11. The molecule has 3 heterocycles. The molecular formula is C23H16N6O2S2. The van der Waals surface area contributed by atoms with Crippen LogP contribution in [0.4, 0.5) is 10.3 Å². The third-order valence-electron chi connectivity index (χ3n) is 4.73. The number of nitrogens with one attached hydrogen (secondary N) is 1. The fourth-order valence-corrected chi connectivity index (χ4v) is 4.55. The number of anilines is 2. The minimum atomic E-state index is -0.404. The zero-order chi connectivity index (χ0) is 22.8. The molecule has 0 saturated carbocycles. The highest BCUT2D eigenvalue weighted by Crippen LogP contribution is 2.30. The number of rotatable bonds is 6. The second kappa shape index (κ2) is 8.85. The van der Waals surface area contributed by atoms with Gasteiger partial charge in [-0.15, -0.1) is 11.3 Å². The number of thiazole rings is 2. The van der Waals surface area contributed by atoms with Crippen LogP contribution in [0.2, 0.25) is 0 Å². The Morgan fingerprint density at radius 1 is 1.03 bits per heavy atom. The van der Waals surface area contributed by atoms with Crippen molar-refractivity contribution in [3.63, 3.8) is 0 Å². The lowest BCUT2D eigenvalue weighted by atomic mass is 10.1. The van der Waals surface area contributed by atoms with Crippen LogP contribution in [0.25, 0.3) is 11.3 Å². The molecule has 1 N–H and O–H groups in total. The highest BCUT2D eigenvalue weighted by atomic mass is 32.1. The SMILES string of the molecule is CC(=O)c1cnc(N/N=C2/C(=O)N(c3nc(-c4ccccc4)cs3)N=C2c2ccccc2)s1. The van der Waals surface area contributed by atoms with Gasteiger partial charge in [0.1, 0.15) is 5.71 Å². The highest BCUT2D eigenvalue weighted by molar-refractivity contribution is 7.17. The third-order valence-corrected chi connectivity index (χ3v) is 6.54. The molecule has 2 aromatic carbocycles. The Hall–Kier alpha value is -4.02. The first-order valence-electron chi connectivity index (χ1n) is 9.90. The van der Waals surface area contributed by atoms with E-state index in [0.717, 1.165) is 16.8 Å². The van der Waals surface area contributed by atoms with Crippen LogP contribution >= 0.6 is 22.7 Å². The summed E-state index contributed by atoms with van der Waals surface area (Å²) in [6.07, 6.45) is 1.48. The number of nitrogens with zero attached hydrogens (tertiary/aromatic N) is 5. The van der Waals surface area contributed by atoms with Crippen LogP contribution in [0, 0.1) is 0 Å². The molecule has 0 fully saturated rings. The quantitative estimate of drug-likeness (QED) is 0.324. The van der Waals surface area contributed by atoms with Crippen molar-refractivity contribution in [2.45, 2.75) is 6.92 Å². The van der Waals surface area contributed by atoms with E-state index >= 15 is 0 Å². The van der Waals surface area contributed by atoms with Gasteiger partial charge in [-0.3, -0.25) is 15.0 Å². The van der Waals surface area contributed by atoms with E-state index < -0.39 is 5.91 Å². The lowest BCUT2D eigenvalue weighted by Crippen LogP contribution is -2.28. The molecule has 1 aliphatic heterocycles. The predicted molar refractivity (Wildman–Crippen MR) is 131 cm³/mol. The average molecular weight is 473 g/mol. The summed E-state index contributed by atoms with van der Waals surface area (Å²) < 4.78 is 0. The monoisotopic (exact) mass is 472 g/mol. The first kappa shape index (κ1) is 20.9. The second-order valence-corrected chi connectivity index (χ2v) is 8.84. The highest BCUT2D eigenvalue weighted by Gasteiger charge is 2.35. The smallest absolute Gasteiger partial charge is 0.294 e. The summed E-state index contributed by atoms with van der Waals surface area (Å²) in [6, 6.07) is 19.1. The summed E-state index contributed by atoms with van der Waals surface area (Å²) in [5.41, 5.74) is 5.83. The summed E-state index contributed by atoms with van der Waals surface area (Å²) in [5, 5.41) is 12.9. The second-order valence-electron chi connectivity index (χ2n) is 6.97. The molecule has 1 amide bonds. The van der Waals surface area contributed by atoms with Crippen LogP contribution in [-0.2, 0) is 4.79 Å². The van der Waals surface area contributed by atoms with Crippen LogP contribution in [0.3, 0.4) is 0 Å². The molecule has 0 bridgehead atoms. The minimum absolute atomic E-state index is 0.0825. The first-order valence-corrected chi connectivity index (χ1v) is 11.6. The number of carbonyl (C=O) groups excluding carboxylic acids is 2. The number of ketones is 1. The molecule has 0 radical (unpaired) electrons. The lowest BCUT2D eigenvalue weighted by Gasteiger charge is -2.06. The summed E-state index contributed by atoms with van der Waals surface area (Å²) in [7, 11) is 0. The van der Waals surface area contributed by atoms with Gasteiger partial charge in [-0.05, 0) is 0 Å². The standard InChI is InChI=1S/C23H16N6O2S2/c1-14(30)18-12-24-22(33-18)27-26-20-19(16-10-6-3-7-11-16)28-29(21(20)31)23-25-17(13-32-23)15-8-4-2-5-9-15/h2-13H,1H3,(H,24,27)/b26-20+. The van der Waals surface area contributed by atoms with E-state index in [1.807, 2.05) is 66.0 Å². The number of hydrogen-bond acceptors (Lipinski definition) is 9. The molecule has 8 nitrogen and oxygen atoms in total. The maximum atomic E-state index is 13.3. The molecule has 162 valence electrons. The Kier molecular flexibility index (Phi) is 5.59. The maximum Gasteiger partial charge on any atom is 0.303 e. The molecule has 5 rings (SSSR count). The minimum Gasteiger partial charge on any atom is -0.294 e. The molecule has 0 saturated heterocycles. The van der Waals surface area contributed by atoms with E-state index in [1.165, 1.54) is 40.8 Å². The van der Waals surface area contributed by atoms with Crippen LogP contribution in [-0.4, -0.2) is 33.1 Å². The van der Waals surface area contributed by atoms with E-state index in [9.17, 15) is 9.59 Å². The van der Waals surface area contributed by atoms with E-state index in [1.54, 1.807) is 0 Å². The van der Waals surface area contributed by atoms with Gasteiger partial charge in [-0.25, -0.2) is 9.97 Å². The van der Waals surface area contributed by atoms with Gasteiger partial charge in [0.15, 0.2) is 11.5 Å². The van der Waals surface area contributed by atoms with Gasteiger partial charge in [-0.1, -0.05) is 72.0 Å². The zero-order valence-corrected chi connectivity index (χ0v) is 18.9. The van der Waals surface area contributed by atoms with Crippen LogP contribution in [0.1, 0.15) is 22.2 Å². The van der Waals surface area contributed by atoms with Crippen molar-refractivity contribution in [3.8, 4) is 11.3 Å². The molecule has 2 aromatic heterocycles. The molecule has 0 atom stereocenters. The van der Waals surface area contributed by atoms with Crippen molar-refractivity contribution >= 4 is 56.1 Å². The zero-order valence-electron chi connectivity index (χ0n) is 17.3. The molecule has 0 unspecified atom stereocenters. The van der Waals surface area contributed by atoms with Crippen molar-refractivity contribution in [1.29, 1.82) is 0 Å². The number of hydrogen-bond donors (Lipinski definition) is 1. The van der Waals surface area contributed by atoms with Crippen LogP contribution in [0.15, 0.2) is 82.4 Å². The third kappa shape index (κ3) is 4.21. The Balaban J connectivity index is 1.49. The number of benzene rings is 2. The summed E-state index contributed by atoms with van der Waals surface area (Å²) in [6.45, 7) is 1.47. The Morgan fingerprint density at radius 3 is 2.39 bits per heavy atom. The molecule has 0 aliphatic carbocycles. The number of carbonyl (C=O) groups is 2. The molecule has 4 aromatic rings. The maximum absolute atomic E-state index is 13.3. The number of aromatic nitrogens is 2. The lowest BCUT2D eigenvalue weighted by molar-refractivity contribution is -0.112. The Labute approximate surface area is 197 Å². The normalized spacial score (nSPS) is 14.6. The van der Waals surface area contributed by atoms with E-state index in [4.69, 9.17) is 0 Å². The van der Waals surface area contributed by atoms with Crippen LogP contribution in [0.5, 0.6) is 0 Å². The molecular weight excluding hydrogens is 456 g/mol. The van der Waals surface area contributed by atoms with Crippen molar-refractivity contribution < 1.29 is 9.59 Å². The van der Waals surface area contributed by atoms with Crippen LogP contribution < -0.4 is 10.4 Å². The van der Waals surface area contributed by atoms with Crippen molar-refractivity contribution in [1.82, 2.24) is 9.97 Å². The van der Waals surface area contributed by atoms with E-state index in [-0.39, 0.29) is 11.5 Å². The first-order chi connectivity index (χ1) is 16.1. The Morgan fingerprint density at radius 2 is 1.73 bits per heavy atom. The summed E-state index contributed by atoms with van der Waals surface area (Å²) in [5.74, 6) is -0.487. The topological polar surface area (TPSA) is 99.9 Å². The summed E-state index contributed by atoms with van der Waals surface area (Å²) in [4.78, 5) is 34.1. The number of amides is 1. The average Bonchev–Trinajstić information content (AvgIpc) is 3.58. The van der Waals surface area contributed by atoms with Gasteiger partial charge in [0.2, 0.25) is 10.3 Å². The molecule has 0 spiro atoms. The van der Waals surface area contributed by atoms with Gasteiger partial charge in [0.05, 0.1) is 16.8 Å². The van der Waals surface area contributed by atoms with Crippen molar-refractivity contribution in [3.05, 3.63) is 82.7 Å². The summed E-state index contributed by atoms with van der Waals surface area (Å²) >= 11 is 2.50. The number of Topliss-reactive ketones (excluding diaryl/α,β-unsaturated/α-hetero) is 1. The van der Waals surface area contributed by atoms with Gasteiger partial charge in [-0.2, -0.15) is 15.2 Å². The number of hydrazone groups is 2. The van der Waals surface area contributed by atoms with Gasteiger partial charge in [0.25, 0.3) is 0 Å². The van der Waals surface area contributed by atoms with Gasteiger partial charge < -0.3 is 0 Å².